The van der Waals surface area contributed by atoms with Crippen LogP contribution in [-0.4, -0.2) is 30.9 Å². The number of benzene rings is 1. The third-order valence-corrected chi connectivity index (χ3v) is 2.23. The van der Waals surface area contributed by atoms with E-state index < -0.39 is 5.97 Å². The maximum atomic E-state index is 10.3. The lowest BCUT2D eigenvalue weighted by Gasteiger charge is -2.06. The lowest BCUT2D eigenvalue weighted by Crippen LogP contribution is -2.11. The molecule has 1 aromatic carbocycles. The Morgan fingerprint density at radius 1 is 1.44 bits per heavy atom. The largest absolute Gasteiger partial charge is 0.477 e. The summed E-state index contributed by atoms with van der Waals surface area (Å²) in [7, 11) is 1.91. The molecule has 0 spiro atoms. The molecule has 0 bridgehead atoms. The van der Waals surface area contributed by atoms with Crippen LogP contribution in [0.25, 0.3) is 0 Å². The average molecular weight is 220 g/mol. The van der Waals surface area contributed by atoms with Crippen LogP contribution in [0.3, 0.4) is 0 Å². The summed E-state index contributed by atoms with van der Waals surface area (Å²) in [6.07, 6.45) is 1.87. The van der Waals surface area contributed by atoms with E-state index in [4.69, 9.17) is 5.11 Å². The Morgan fingerprint density at radius 2 is 2.12 bits per heavy atom. The van der Waals surface area contributed by atoms with Crippen LogP contribution in [0.2, 0.25) is 0 Å². The molecule has 4 heteroatoms. The molecular weight excluding hydrogens is 204 g/mol. The maximum absolute atomic E-state index is 10.3. The van der Waals surface area contributed by atoms with Crippen molar-refractivity contribution in [2.75, 3.05) is 13.6 Å². The molecule has 0 aliphatic rings. The minimum absolute atomic E-state index is 0.423. The van der Waals surface area contributed by atoms with Gasteiger partial charge in [0.2, 0.25) is 0 Å². The van der Waals surface area contributed by atoms with E-state index in [9.17, 15) is 4.79 Å². The highest BCUT2D eigenvalue weighted by Gasteiger charge is 1.99. The second-order valence-corrected chi connectivity index (χ2v) is 3.43. The van der Waals surface area contributed by atoms with Crippen molar-refractivity contribution in [3.8, 4) is 0 Å². The van der Waals surface area contributed by atoms with E-state index >= 15 is 0 Å². The molecule has 0 aliphatic heterocycles. The summed E-state index contributed by atoms with van der Waals surface area (Å²) in [5, 5.41) is 11.5. The third-order valence-electron chi connectivity index (χ3n) is 2.23. The molecule has 0 saturated heterocycles. The van der Waals surface area contributed by atoms with Gasteiger partial charge < -0.3 is 10.4 Å². The van der Waals surface area contributed by atoms with Crippen LogP contribution >= 0.6 is 0 Å². The first-order valence-corrected chi connectivity index (χ1v) is 5.18. The van der Waals surface area contributed by atoms with Crippen LogP contribution in [0.1, 0.15) is 11.1 Å². The predicted octanol–water partition coefficient (Wildman–Crippen LogP) is 1.10. The summed E-state index contributed by atoms with van der Waals surface area (Å²) < 4.78 is 0. The first-order valence-electron chi connectivity index (χ1n) is 5.18. The van der Waals surface area contributed by atoms with Gasteiger partial charge in [0.1, 0.15) is 6.21 Å². The lowest BCUT2D eigenvalue weighted by molar-refractivity contribution is -0.128. The second-order valence-electron chi connectivity index (χ2n) is 3.43. The highest BCUT2D eigenvalue weighted by atomic mass is 16.4. The summed E-state index contributed by atoms with van der Waals surface area (Å²) in [6.45, 7) is 1.33. The van der Waals surface area contributed by atoms with Gasteiger partial charge in [-0.15, -0.1) is 0 Å². The summed E-state index contributed by atoms with van der Waals surface area (Å²) in [5.41, 5.74) is 2.29. The van der Waals surface area contributed by atoms with Crippen molar-refractivity contribution in [2.24, 2.45) is 4.99 Å². The molecule has 0 heterocycles. The highest BCUT2D eigenvalue weighted by molar-refractivity contribution is 6.21. The average Bonchev–Trinajstić information content (AvgIpc) is 2.27. The fourth-order valence-corrected chi connectivity index (χ4v) is 1.44. The first-order chi connectivity index (χ1) is 7.74. The van der Waals surface area contributed by atoms with Crippen molar-refractivity contribution in [2.45, 2.75) is 13.0 Å². The maximum Gasteiger partial charge on any atom is 0.346 e. The summed E-state index contributed by atoms with van der Waals surface area (Å²) in [6, 6.07) is 7.94. The van der Waals surface area contributed by atoms with E-state index in [0.29, 0.717) is 6.54 Å². The number of likely N-dealkylation sites (N-methyl/N-ethyl adjacent to an activating group) is 1. The van der Waals surface area contributed by atoms with Gasteiger partial charge in [0.25, 0.3) is 0 Å². The Kier molecular flexibility index (Phi) is 5.22. The van der Waals surface area contributed by atoms with E-state index in [-0.39, 0.29) is 0 Å². The number of carbonyl (C=O) groups is 1. The molecule has 0 unspecified atom stereocenters. The lowest BCUT2D eigenvalue weighted by atomic mass is 10.0. The Hall–Kier alpha value is -1.68. The molecule has 0 radical (unpaired) electrons. The fraction of sp³-hybridized carbons (Fsp3) is 0.333. The first kappa shape index (κ1) is 12.4. The van der Waals surface area contributed by atoms with Gasteiger partial charge in [0.15, 0.2) is 0 Å². The number of nitrogens with zero attached hydrogens (tertiary/aromatic N) is 1. The van der Waals surface area contributed by atoms with Crippen LogP contribution < -0.4 is 5.32 Å². The molecule has 2 N–H and O–H groups in total. The zero-order valence-corrected chi connectivity index (χ0v) is 9.31. The van der Waals surface area contributed by atoms with Gasteiger partial charge in [-0.05, 0) is 31.1 Å². The molecule has 1 rings (SSSR count). The minimum Gasteiger partial charge on any atom is -0.477 e. The number of nitrogens with one attached hydrogen (secondary N) is 1. The summed E-state index contributed by atoms with van der Waals surface area (Å²) >= 11 is 0. The van der Waals surface area contributed by atoms with Gasteiger partial charge in [0.05, 0.1) is 6.54 Å². The number of aliphatic imine (C=N–C) groups is 1. The smallest absolute Gasteiger partial charge is 0.346 e. The highest BCUT2D eigenvalue weighted by Crippen LogP contribution is 2.10. The van der Waals surface area contributed by atoms with Crippen LogP contribution in [0.15, 0.2) is 29.3 Å². The molecule has 0 atom stereocenters. The van der Waals surface area contributed by atoms with E-state index in [2.05, 4.69) is 10.3 Å². The monoisotopic (exact) mass is 220 g/mol. The van der Waals surface area contributed by atoms with Gasteiger partial charge in [-0.3, -0.25) is 4.99 Å². The quantitative estimate of drug-likeness (QED) is 0.706. The van der Waals surface area contributed by atoms with Gasteiger partial charge in [-0.2, -0.15) is 0 Å². The number of rotatable bonds is 6. The number of hydrogen-bond donors (Lipinski definition) is 2. The van der Waals surface area contributed by atoms with Gasteiger partial charge >= 0.3 is 5.97 Å². The third kappa shape index (κ3) is 4.23. The van der Waals surface area contributed by atoms with Crippen molar-refractivity contribution in [3.05, 3.63) is 35.4 Å². The van der Waals surface area contributed by atoms with E-state index in [1.807, 2.05) is 31.3 Å². The Bertz CT molecular complexity index is 375. The fourth-order valence-electron chi connectivity index (χ4n) is 1.44. The number of aliphatic carboxylic acids is 1. The molecule has 0 fully saturated rings. The van der Waals surface area contributed by atoms with E-state index in [1.54, 1.807) is 0 Å². The Balaban J connectivity index is 2.66. The van der Waals surface area contributed by atoms with Crippen molar-refractivity contribution >= 4 is 12.2 Å². The topological polar surface area (TPSA) is 61.7 Å². The SMILES string of the molecule is CNCCc1ccccc1C/N=C\C(=O)O. The molecule has 0 aromatic heterocycles. The zero-order chi connectivity index (χ0) is 11.8. The van der Waals surface area contributed by atoms with Crippen molar-refractivity contribution < 1.29 is 9.90 Å². The van der Waals surface area contributed by atoms with Crippen LogP contribution in [0, 0.1) is 0 Å². The normalized spacial score (nSPS) is 10.8. The predicted molar refractivity (Wildman–Crippen MR) is 63.9 cm³/mol. The van der Waals surface area contributed by atoms with Gasteiger partial charge in [-0.1, -0.05) is 24.3 Å². The minimum atomic E-state index is -1.01. The Morgan fingerprint density at radius 3 is 2.75 bits per heavy atom. The molecule has 0 aliphatic carbocycles. The number of carboxylic acids is 1. The van der Waals surface area contributed by atoms with Crippen LogP contribution in [0.4, 0.5) is 0 Å². The molecule has 1 aromatic rings. The van der Waals surface area contributed by atoms with E-state index in [1.165, 1.54) is 5.56 Å². The molecule has 0 saturated carbocycles. The molecule has 4 nitrogen and oxygen atoms in total. The van der Waals surface area contributed by atoms with Crippen molar-refractivity contribution in [1.29, 1.82) is 0 Å². The van der Waals surface area contributed by atoms with Crippen molar-refractivity contribution in [3.63, 3.8) is 0 Å². The molecule has 16 heavy (non-hydrogen) atoms. The van der Waals surface area contributed by atoms with E-state index in [0.717, 1.165) is 24.7 Å². The summed E-state index contributed by atoms with van der Waals surface area (Å²) in [5.74, 6) is -1.01. The molecule has 86 valence electrons. The second kappa shape index (κ2) is 6.74. The van der Waals surface area contributed by atoms with Gasteiger partial charge in [-0.25, -0.2) is 4.79 Å². The molecule has 0 amide bonds. The van der Waals surface area contributed by atoms with Gasteiger partial charge in [0, 0.05) is 0 Å². The zero-order valence-electron chi connectivity index (χ0n) is 9.31. The Labute approximate surface area is 95.0 Å². The number of hydrogen-bond acceptors (Lipinski definition) is 3. The summed E-state index contributed by atoms with van der Waals surface area (Å²) in [4.78, 5) is 14.2. The molecular formula is C12H16N2O2. The van der Waals surface area contributed by atoms with Crippen LogP contribution in [0.5, 0.6) is 0 Å². The van der Waals surface area contributed by atoms with Crippen molar-refractivity contribution in [1.82, 2.24) is 5.32 Å². The number of carboxylic acid groups (broad SMARTS) is 1. The van der Waals surface area contributed by atoms with Crippen LogP contribution in [-0.2, 0) is 17.8 Å². The standard InChI is InChI=1S/C12H16N2O2/c1-13-7-6-10-4-2-3-5-11(10)8-14-9-12(15)16/h2-5,9,13H,6-8H2,1H3,(H,15,16)/b14-9-.